The van der Waals surface area contributed by atoms with E-state index in [1.165, 1.54) is 5.56 Å². The Morgan fingerprint density at radius 1 is 1.14 bits per heavy atom. The molecule has 0 fully saturated rings. The molecular weight excluding hydrogens is 258 g/mol. The SMILES string of the molecule is CCCn1c(Cc2ccccc2)nc2cc(C#N)ccc21. The normalized spacial score (nSPS) is 10.7. The maximum absolute atomic E-state index is 9.03. The van der Waals surface area contributed by atoms with Gasteiger partial charge in [0.25, 0.3) is 0 Å². The minimum absolute atomic E-state index is 0.662. The molecule has 0 radical (unpaired) electrons. The van der Waals surface area contributed by atoms with E-state index < -0.39 is 0 Å². The molecule has 0 aliphatic rings. The second-order valence-corrected chi connectivity index (χ2v) is 5.16. The number of hydrogen-bond donors (Lipinski definition) is 0. The van der Waals surface area contributed by atoms with Crippen LogP contribution >= 0.6 is 0 Å². The first-order valence-electron chi connectivity index (χ1n) is 7.25. The maximum atomic E-state index is 9.03. The van der Waals surface area contributed by atoms with Crippen LogP contribution in [0.4, 0.5) is 0 Å². The standard InChI is InChI=1S/C18H17N3/c1-2-10-21-17-9-8-15(13-19)11-16(17)20-18(21)12-14-6-4-3-5-7-14/h3-9,11H,2,10,12H2,1H3. The molecule has 0 aliphatic carbocycles. The number of rotatable bonds is 4. The second kappa shape index (κ2) is 5.80. The van der Waals surface area contributed by atoms with Crippen LogP contribution in [0.2, 0.25) is 0 Å². The smallest absolute Gasteiger partial charge is 0.114 e. The largest absolute Gasteiger partial charge is 0.328 e. The van der Waals surface area contributed by atoms with Crippen LogP contribution in [0, 0.1) is 11.3 Å². The van der Waals surface area contributed by atoms with Gasteiger partial charge in [-0.05, 0) is 30.2 Å². The Labute approximate surface area is 124 Å². The van der Waals surface area contributed by atoms with Gasteiger partial charge in [0.15, 0.2) is 0 Å². The first-order chi connectivity index (χ1) is 10.3. The van der Waals surface area contributed by atoms with Crippen molar-refractivity contribution in [2.45, 2.75) is 26.3 Å². The number of aromatic nitrogens is 2. The van der Waals surface area contributed by atoms with Gasteiger partial charge in [0, 0.05) is 13.0 Å². The summed E-state index contributed by atoms with van der Waals surface area (Å²) in [5.41, 5.74) is 3.94. The van der Waals surface area contributed by atoms with E-state index in [2.05, 4.69) is 41.8 Å². The molecule has 1 heterocycles. The molecule has 0 saturated carbocycles. The number of nitriles is 1. The Morgan fingerprint density at radius 2 is 1.95 bits per heavy atom. The minimum atomic E-state index is 0.662. The zero-order chi connectivity index (χ0) is 14.7. The van der Waals surface area contributed by atoms with Crippen LogP contribution in [0.15, 0.2) is 48.5 Å². The summed E-state index contributed by atoms with van der Waals surface area (Å²) in [7, 11) is 0. The number of aryl methyl sites for hydroxylation is 1. The lowest BCUT2D eigenvalue weighted by atomic mass is 10.1. The van der Waals surface area contributed by atoms with E-state index >= 15 is 0 Å². The molecule has 3 aromatic rings. The molecular formula is C18H17N3. The van der Waals surface area contributed by atoms with Gasteiger partial charge in [-0.15, -0.1) is 0 Å². The molecule has 1 aromatic heterocycles. The lowest BCUT2D eigenvalue weighted by Gasteiger charge is -2.07. The summed E-state index contributed by atoms with van der Waals surface area (Å²) in [5, 5.41) is 9.03. The van der Waals surface area contributed by atoms with Gasteiger partial charge in [-0.2, -0.15) is 5.26 Å². The van der Waals surface area contributed by atoms with Crippen LogP contribution in [-0.4, -0.2) is 9.55 Å². The summed E-state index contributed by atoms with van der Waals surface area (Å²) in [4.78, 5) is 4.75. The lowest BCUT2D eigenvalue weighted by Crippen LogP contribution is -2.04. The van der Waals surface area contributed by atoms with Crippen molar-refractivity contribution in [1.29, 1.82) is 5.26 Å². The van der Waals surface area contributed by atoms with E-state index in [1.54, 1.807) is 0 Å². The molecule has 0 aliphatic heterocycles. The van der Waals surface area contributed by atoms with Crippen LogP contribution in [0.5, 0.6) is 0 Å². The number of imidazole rings is 1. The number of benzene rings is 2. The van der Waals surface area contributed by atoms with Crippen molar-refractivity contribution in [1.82, 2.24) is 9.55 Å². The van der Waals surface area contributed by atoms with Crippen molar-refractivity contribution in [3.8, 4) is 6.07 Å². The van der Waals surface area contributed by atoms with Gasteiger partial charge in [-0.1, -0.05) is 37.3 Å². The predicted octanol–water partition coefficient (Wildman–Crippen LogP) is 3.91. The van der Waals surface area contributed by atoms with Gasteiger partial charge in [-0.3, -0.25) is 0 Å². The van der Waals surface area contributed by atoms with Crippen molar-refractivity contribution in [3.05, 3.63) is 65.5 Å². The van der Waals surface area contributed by atoms with Crippen molar-refractivity contribution in [3.63, 3.8) is 0 Å². The number of hydrogen-bond acceptors (Lipinski definition) is 2. The van der Waals surface area contributed by atoms with E-state index in [1.807, 2.05) is 24.3 Å². The molecule has 21 heavy (non-hydrogen) atoms. The van der Waals surface area contributed by atoms with Crippen LogP contribution < -0.4 is 0 Å². The van der Waals surface area contributed by atoms with Gasteiger partial charge >= 0.3 is 0 Å². The summed E-state index contributed by atoms with van der Waals surface area (Å²) in [6, 6.07) is 18.3. The molecule has 0 spiro atoms. The Balaban J connectivity index is 2.08. The highest BCUT2D eigenvalue weighted by Gasteiger charge is 2.11. The van der Waals surface area contributed by atoms with Gasteiger partial charge in [0.2, 0.25) is 0 Å². The fourth-order valence-corrected chi connectivity index (χ4v) is 2.64. The fraction of sp³-hybridized carbons (Fsp3) is 0.222. The summed E-state index contributed by atoms with van der Waals surface area (Å²) < 4.78 is 2.27. The van der Waals surface area contributed by atoms with Crippen molar-refractivity contribution in [2.75, 3.05) is 0 Å². The van der Waals surface area contributed by atoms with E-state index in [0.29, 0.717) is 5.56 Å². The molecule has 3 heteroatoms. The quantitative estimate of drug-likeness (QED) is 0.724. The molecule has 2 aromatic carbocycles. The molecule has 0 atom stereocenters. The van der Waals surface area contributed by atoms with Gasteiger partial charge < -0.3 is 4.57 Å². The summed E-state index contributed by atoms with van der Waals surface area (Å²) in [5.74, 6) is 1.06. The average Bonchev–Trinajstić information content (AvgIpc) is 2.85. The summed E-state index contributed by atoms with van der Waals surface area (Å²) in [6.45, 7) is 3.12. The fourth-order valence-electron chi connectivity index (χ4n) is 2.64. The monoisotopic (exact) mass is 275 g/mol. The zero-order valence-electron chi connectivity index (χ0n) is 12.1. The van der Waals surface area contributed by atoms with Crippen molar-refractivity contribution in [2.24, 2.45) is 0 Å². The van der Waals surface area contributed by atoms with Gasteiger partial charge in [-0.25, -0.2) is 4.98 Å². The first kappa shape index (κ1) is 13.4. The predicted molar refractivity (Wildman–Crippen MR) is 84.0 cm³/mol. The summed E-state index contributed by atoms with van der Waals surface area (Å²) in [6.07, 6.45) is 1.88. The van der Waals surface area contributed by atoms with E-state index in [9.17, 15) is 0 Å². The molecule has 0 bridgehead atoms. The molecule has 3 rings (SSSR count). The van der Waals surface area contributed by atoms with E-state index in [-0.39, 0.29) is 0 Å². The third-order valence-corrected chi connectivity index (χ3v) is 3.61. The highest BCUT2D eigenvalue weighted by molar-refractivity contribution is 5.77. The third kappa shape index (κ3) is 2.66. The Morgan fingerprint density at radius 3 is 2.67 bits per heavy atom. The summed E-state index contributed by atoms with van der Waals surface area (Å²) >= 11 is 0. The Kier molecular flexibility index (Phi) is 3.70. The maximum Gasteiger partial charge on any atom is 0.114 e. The van der Waals surface area contributed by atoms with Crippen LogP contribution in [0.3, 0.4) is 0 Å². The highest BCUT2D eigenvalue weighted by Crippen LogP contribution is 2.20. The van der Waals surface area contributed by atoms with Crippen LogP contribution in [-0.2, 0) is 13.0 Å². The first-order valence-corrected chi connectivity index (χ1v) is 7.25. The molecule has 104 valence electrons. The highest BCUT2D eigenvalue weighted by atomic mass is 15.1. The Hall–Kier alpha value is -2.60. The topological polar surface area (TPSA) is 41.6 Å². The molecule has 0 saturated heterocycles. The molecule has 3 nitrogen and oxygen atoms in total. The van der Waals surface area contributed by atoms with E-state index in [0.717, 1.165) is 36.2 Å². The molecule has 0 unspecified atom stereocenters. The number of nitrogens with zero attached hydrogens (tertiary/aromatic N) is 3. The third-order valence-electron chi connectivity index (χ3n) is 3.61. The Bertz CT molecular complexity index is 794. The van der Waals surface area contributed by atoms with Crippen LogP contribution in [0.1, 0.15) is 30.3 Å². The van der Waals surface area contributed by atoms with Crippen molar-refractivity contribution >= 4 is 11.0 Å². The minimum Gasteiger partial charge on any atom is -0.328 e. The number of fused-ring (bicyclic) bond motifs is 1. The van der Waals surface area contributed by atoms with Crippen molar-refractivity contribution < 1.29 is 0 Å². The van der Waals surface area contributed by atoms with Crippen LogP contribution in [0.25, 0.3) is 11.0 Å². The zero-order valence-corrected chi connectivity index (χ0v) is 12.1. The molecule has 0 amide bonds. The van der Waals surface area contributed by atoms with Gasteiger partial charge in [0.05, 0.1) is 22.7 Å². The van der Waals surface area contributed by atoms with E-state index in [4.69, 9.17) is 10.2 Å². The lowest BCUT2D eigenvalue weighted by molar-refractivity contribution is 0.664. The average molecular weight is 275 g/mol. The second-order valence-electron chi connectivity index (χ2n) is 5.16. The molecule has 0 N–H and O–H groups in total. The van der Waals surface area contributed by atoms with Gasteiger partial charge in [0.1, 0.15) is 5.82 Å².